The van der Waals surface area contributed by atoms with Crippen LogP contribution in [0, 0.1) is 5.92 Å². The molecule has 7 nitrogen and oxygen atoms in total. The van der Waals surface area contributed by atoms with Crippen LogP contribution in [0.5, 0.6) is 17.2 Å². The van der Waals surface area contributed by atoms with E-state index in [9.17, 15) is 4.79 Å². The number of benzene rings is 2. The van der Waals surface area contributed by atoms with Crippen LogP contribution in [0.2, 0.25) is 0 Å². The normalized spacial score (nSPS) is 19.4. The molecule has 1 fully saturated rings. The molecule has 1 aromatic heterocycles. The van der Waals surface area contributed by atoms with Gasteiger partial charge in [0.15, 0.2) is 11.5 Å². The van der Waals surface area contributed by atoms with E-state index in [1.54, 1.807) is 13.2 Å². The number of fused-ring (bicyclic) bond motifs is 1. The van der Waals surface area contributed by atoms with Crippen LogP contribution in [-0.4, -0.2) is 25.6 Å². The predicted octanol–water partition coefficient (Wildman–Crippen LogP) is 4.38. The lowest BCUT2D eigenvalue weighted by Crippen LogP contribution is -2.09. The number of ether oxygens (including phenoxy) is 3. The fourth-order valence-corrected chi connectivity index (χ4v) is 3.64. The van der Waals surface area contributed by atoms with E-state index in [1.165, 1.54) is 12.3 Å². The first kappa shape index (κ1) is 18.3. The van der Waals surface area contributed by atoms with E-state index in [-0.39, 0.29) is 24.4 Å². The van der Waals surface area contributed by atoms with Crippen LogP contribution in [0.25, 0.3) is 0 Å². The molecular weight excluding hydrogens is 386 g/mol. The molecule has 2 heterocycles. The average Bonchev–Trinajstić information content (AvgIpc) is 3.18. The highest BCUT2D eigenvalue weighted by molar-refractivity contribution is 6.04. The van der Waals surface area contributed by atoms with E-state index >= 15 is 0 Å². The SMILES string of the molecule is COc1ccc(/C(=N\OC(=O)c2ccco2)C2CC2c2ccc3c(c2)OCO3)cc1. The molecule has 2 atom stereocenters. The molecule has 0 amide bonds. The van der Waals surface area contributed by atoms with Crippen molar-refractivity contribution in [2.45, 2.75) is 12.3 Å². The third kappa shape index (κ3) is 3.50. The van der Waals surface area contributed by atoms with Gasteiger partial charge in [-0.05, 0) is 72.0 Å². The van der Waals surface area contributed by atoms with E-state index in [4.69, 9.17) is 23.5 Å². The Morgan fingerprint density at radius 2 is 1.90 bits per heavy atom. The molecule has 7 heteroatoms. The van der Waals surface area contributed by atoms with Crippen molar-refractivity contribution in [2.75, 3.05) is 13.9 Å². The Bertz CT molecular complexity index is 1090. The maximum Gasteiger partial charge on any atom is 0.400 e. The Morgan fingerprint density at radius 3 is 2.67 bits per heavy atom. The topological polar surface area (TPSA) is 79.5 Å². The lowest BCUT2D eigenvalue weighted by atomic mass is 10.0. The highest BCUT2D eigenvalue weighted by Crippen LogP contribution is 2.51. The summed E-state index contributed by atoms with van der Waals surface area (Å²) in [6.07, 6.45) is 2.31. The van der Waals surface area contributed by atoms with Crippen molar-refractivity contribution < 1.29 is 28.3 Å². The minimum atomic E-state index is -0.633. The number of hydrogen-bond acceptors (Lipinski definition) is 7. The van der Waals surface area contributed by atoms with Gasteiger partial charge in [0, 0.05) is 5.92 Å². The molecule has 30 heavy (non-hydrogen) atoms. The monoisotopic (exact) mass is 405 g/mol. The van der Waals surface area contributed by atoms with Crippen molar-refractivity contribution in [3.63, 3.8) is 0 Å². The molecule has 0 saturated heterocycles. The van der Waals surface area contributed by atoms with Crippen molar-refractivity contribution in [3.05, 3.63) is 77.7 Å². The van der Waals surface area contributed by atoms with Crippen molar-refractivity contribution in [3.8, 4) is 17.2 Å². The fourth-order valence-electron chi connectivity index (χ4n) is 3.64. The summed E-state index contributed by atoms with van der Waals surface area (Å²) in [5, 5.41) is 4.23. The Morgan fingerprint density at radius 1 is 1.07 bits per heavy atom. The molecule has 0 radical (unpaired) electrons. The van der Waals surface area contributed by atoms with E-state index in [0.717, 1.165) is 34.8 Å². The van der Waals surface area contributed by atoms with Gasteiger partial charge in [0.25, 0.3) is 0 Å². The van der Waals surface area contributed by atoms with Gasteiger partial charge >= 0.3 is 5.97 Å². The van der Waals surface area contributed by atoms with E-state index in [1.807, 2.05) is 42.5 Å². The number of carbonyl (C=O) groups excluding carboxylic acids is 1. The lowest BCUT2D eigenvalue weighted by molar-refractivity contribution is 0.0479. The number of oxime groups is 1. The molecule has 0 bridgehead atoms. The second-order valence-corrected chi connectivity index (χ2v) is 7.12. The first-order valence-electron chi connectivity index (χ1n) is 9.59. The summed E-state index contributed by atoms with van der Waals surface area (Å²) in [4.78, 5) is 17.4. The first-order chi connectivity index (χ1) is 14.7. The number of hydrogen-bond donors (Lipinski definition) is 0. The minimum absolute atomic E-state index is 0.107. The van der Waals surface area contributed by atoms with Crippen LogP contribution in [0.3, 0.4) is 0 Å². The summed E-state index contributed by atoms with van der Waals surface area (Å²) in [6.45, 7) is 0.244. The number of furan rings is 1. The molecule has 1 aliphatic heterocycles. The third-order valence-corrected chi connectivity index (χ3v) is 5.30. The second kappa shape index (κ2) is 7.59. The summed E-state index contributed by atoms with van der Waals surface area (Å²) in [7, 11) is 1.62. The summed E-state index contributed by atoms with van der Waals surface area (Å²) < 4.78 is 21.2. The van der Waals surface area contributed by atoms with Crippen LogP contribution in [-0.2, 0) is 4.84 Å². The second-order valence-electron chi connectivity index (χ2n) is 7.12. The maximum absolute atomic E-state index is 12.2. The highest BCUT2D eigenvalue weighted by atomic mass is 16.7. The molecule has 0 spiro atoms. The van der Waals surface area contributed by atoms with Gasteiger partial charge in [-0.2, -0.15) is 0 Å². The fraction of sp³-hybridized carbons (Fsp3) is 0.217. The number of carbonyl (C=O) groups is 1. The summed E-state index contributed by atoms with van der Waals surface area (Å²) in [6, 6.07) is 16.7. The van der Waals surface area contributed by atoms with Gasteiger partial charge < -0.3 is 23.5 Å². The molecule has 2 unspecified atom stereocenters. The lowest BCUT2D eigenvalue weighted by Gasteiger charge is -2.08. The number of methoxy groups -OCH3 is 1. The van der Waals surface area contributed by atoms with E-state index < -0.39 is 5.97 Å². The largest absolute Gasteiger partial charge is 0.497 e. The predicted molar refractivity (Wildman–Crippen MR) is 107 cm³/mol. The Kier molecular flexibility index (Phi) is 4.63. The van der Waals surface area contributed by atoms with Gasteiger partial charge in [-0.1, -0.05) is 11.2 Å². The Labute approximate surface area is 172 Å². The van der Waals surface area contributed by atoms with Crippen molar-refractivity contribution in [1.29, 1.82) is 0 Å². The maximum atomic E-state index is 12.2. The molecule has 1 saturated carbocycles. The molecule has 2 aliphatic rings. The van der Waals surface area contributed by atoms with Crippen molar-refractivity contribution >= 4 is 11.7 Å². The quantitative estimate of drug-likeness (QED) is 0.344. The smallest absolute Gasteiger partial charge is 0.400 e. The summed E-state index contributed by atoms with van der Waals surface area (Å²) in [5.74, 6) is 2.10. The molecule has 3 aromatic rings. The Balaban J connectivity index is 1.41. The minimum Gasteiger partial charge on any atom is -0.497 e. The van der Waals surface area contributed by atoms with E-state index in [2.05, 4.69) is 5.16 Å². The zero-order valence-corrected chi connectivity index (χ0v) is 16.2. The molecular formula is C23H19NO6. The number of nitrogens with zero attached hydrogens (tertiary/aromatic N) is 1. The van der Waals surface area contributed by atoms with Crippen LogP contribution < -0.4 is 14.2 Å². The molecule has 5 rings (SSSR count). The summed E-state index contributed by atoms with van der Waals surface area (Å²) >= 11 is 0. The van der Waals surface area contributed by atoms with Gasteiger partial charge in [0.2, 0.25) is 12.6 Å². The standard InChI is InChI=1S/C23H19NO6/c1-26-16-7-4-14(5-8-16)22(24-30-23(25)20-3-2-10-27-20)18-12-17(18)15-6-9-19-21(11-15)29-13-28-19/h2-11,17-18H,12-13H2,1H3/b24-22+. The van der Waals surface area contributed by atoms with Crippen LogP contribution in [0.15, 0.2) is 70.4 Å². The molecule has 0 N–H and O–H groups in total. The zero-order chi connectivity index (χ0) is 20.5. The Hall–Kier alpha value is -3.74. The van der Waals surface area contributed by atoms with Gasteiger partial charge in [0.05, 0.1) is 19.1 Å². The van der Waals surface area contributed by atoms with Crippen LogP contribution >= 0.6 is 0 Å². The van der Waals surface area contributed by atoms with Crippen LogP contribution in [0.4, 0.5) is 0 Å². The van der Waals surface area contributed by atoms with Crippen molar-refractivity contribution in [2.24, 2.45) is 11.1 Å². The molecule has 2 aromatic carbocycles. The van der Waals surface area contributed by atoms with Gasteiger partial charge in [-0.3, -0.25) is 0 Å². The van der Waals surface area contributed by atoms with Crippen molar-refractivity contribution in [1.82, 2.24) is 0 Å². The first-order valence-corrected chi connectivity index (χ1v) is 9.59. The van der Waals surface area contributed by atoms with E-state index in [0.29, 0.717) is 5.71 Å². The summed E-state index contributed by atoms with van der Waals surface area (Å²) in [5.41, 5.74) is 2.72. The zero-order valence-electron chi connectivity index (χ0n) is 16.2. The van der Waals surface area contributed by atoms with Gasteiger partial charge in [-0.15, -0.1) is 0 Å². The van der Waals surface area contributed by atoms with Gasteiger partial charge in [-0.25, -0.2) is 4.79 Å². The number of rotatable bonds is 6. The highest BCUT2D eigenvalue weighted by Gasteiger charge is 2.43. The average molecular weight is 405 g/mol. The molecule has 1 aliphatic carbocycles. The molecule has 152 valence electrons. The van der Waals surface area contributed by atoms with Gasteiger partial charge in [0.1, 0.15) is 5.75 Å². The third-order valence-electron chi connectivity index (χ3n) is 5.30. The van der Waals surface area contributed by atoms with Crippen LogP contribution in [0.1, 0.15) is 34.0 Å².